The predicted octanol–water partition coefficient (Wildman–Crippen LogP) is 2.97. The first-order valence-electron chi connectivity index (χ1n) is 5.36. The average molecular weight is 364 g/mol. The largest absolute Gasteiger partial charge is 0.381 e. The zero-order valence-electron chi connectivity index (χ0n) is 9.08. The Bertz CT molecular complexity index is 420. The van der Waals surface area contributed by atoms with Crippen molar-refractivity contribution in [2.45, 2.75) is 12.8 Å². The summed E-state index contributed by atoms with van der Waals surface area (Å²) < 4.78 is 6.92. The van der Waals surface area contributed by atoms with Crippen LogP contribution in [-0.2, 0) is 9.53 Å². The monoisotopic (exact) mass is 362 g/mol. The van der Waals surface area contributed by atoms with E-state index in [-0.39, 0.29) is 11.8 Å². The number of hydrogen-bond donors (Lipinski definition) is 1. The van der Waals surface area contributed by atoms with Gasteiger partial charge >= 0.3 is 0 Å². The fraction of sp³-hybridized carbons (Fsp3) is 0.455. The highest BCUT2D eigenvalue weighted by molar-refractivity contribution is 9.11. The average Bonchev–Trinajstić information content (AvgIpc) is 2.34. The Balaban J connectivity index is 2.02. The van der Waals surface area contributed by atoms with Gasteiger partial charge in [0.1, 0.15) is 5.82 Å². The normalized spacial score (nSPS) is 20.0. The molecule has 1 fully saturated rings. The molecule has 0 saturated carbocycles. The zero-order chi connectivity index (χ0) is 12.3. The van der Waals surface area contributed by atoms with Gasteiger partial charge in [0.25, 0.3) is 0 Å². The van der Waals surface area contributed by atoms with Gasteiger partial charge in [-0.2, -0.15) is 0 Å². The van der Waals surface area contributed by atoms with Crippen LogP contribution in [-0.4, -0.2) is 24.1 Å². The number of nitrogens with one attached hydrogen (secondary N) is 1. The van der Waals surface area contributed by atoms with E-state index >= 15 is 0 Å². The molecule has 2 heterocycles. The van der Waals surface area contributed by atoms with E-state index in [0.717, 1.165) is 28.4 Å². The lowest BCUT2D eigenvalue weighted by Gasteiger charge is -2.21. The van der Waals surface area contributed by atoms with E-state index in [1.165, 1.54) is 0 Å². The maximum atomic E-state index is 11.9. The van der Waals surface area contributed by atoms with Crippen LogP contribution in [0.1, 0.15) is 12.8 Å². The second-order valence-electron chi connectivity index (χ2n) is 3.89. The summed E-state index contributed by atoms with van der Waals surface area (Å²) in [5.41, 5.74) is 0. The van der Waals surface area contributed by atoms with E-state index < -0.39 is 0 Å². The first kappa shape index (κ1) is 13.0. The number of halogens is 2. The first-order chi connectivity index (χ1) is 8.16. The van der Waals surface area contributed by atoms with Crippen LogP contribution < -0.4 is 5.32 Å². The Hall–Kier alpha value is -0.460. The van der Waals surface area contributed by atoms with Crippen molar-refractivity contribution in [2.24, 2.45) is 5.92 Å². The summed E-state index contributed by atoms with van der Waals surface area (Å²) in [6.07, 6.45) is 3.46. The second kappa shape index (κ2) is 5.93. The number of carbonyl (C=O) groups is 1. The van der Waals surface area contributed by atoms with E-state index in [0.29, 0.717) is 12.4 Å². The Morgan fingerprint density at radius 1 is 1.53 bits per heavy atom. The second-order valence-corrected chi connectivity index (χ2v) is 5.66. The molecule has 0 aliphatic carbocycles. The highest BCUT2D eigenvalue weighted by Crippen LogP contribution is 2.24. The molecule has 1 N–H and O–H groups in total. The molecule has 1 aliphatic rings. The van der Waals surface area contributed by atoms with E-state index in [1.807, 2.05) is 6.07 Å². The summed E-state index contributed by atoms with van der Waals surface area (Å²) in [5, 5.41) is 2.81. The van der Waals surface area contributed by atoms with Crippen LogP contribution in [0.25, 0.3) is 0 Å². The van der Waals surface area contributed by atoms with Crippen molar-refractivity contribution >= 4 is 43.6 Å². The first-order valence-corrected chi connectivity index (χ1v) is 6.95. The van der Waals surface area contributed by atoms with E-state index in [9.17, 15) is 4.79 Å². The van der Waals surface area contributed by atoms with Crippen LogP contribution in [0.5, 0.6) is 0 Å². The fourth-order valence-electron chi connectivity index (χ4n) is 1.67. The van der Waals surface area contributed by atoms with E-state index in [1.54, 1.807) is 6.20 Å². The molecule has 0 bridgehead atoms. The minimum absolute atomic E-state index is 0.0276. The Morgan fingerprint density at radius 2 is 2.35 bits per heavy atom. The van der Waals surface area contributed by atoms with Gasteiger partial charge in [0.2, 0.25) is 5.91 Å². The van der Waals surface area contributed by atoms with E-state index in [4.69, 9.17) is 4.74 Å². The molecule has 0 spiro atoms. The topological polar surface area (TPSA) is 51.2 Å². The molecule has 1 saturated heterocycles. The number of nitrogens with zero attached hydrogens (tertiary/aromatic N) is 1. The molecular weight excluding hydrogens is 352 g/mol. The maximum Gasteiger partial charge on any atom is 0.230 e. The molecule has 1 atom stereocenters. The standard InChI is InChI=1S/C11H12Br2N2O2/c12-8-4-9(13)10(14-5-8)15-11(16)7-2-1-3-17-6-7/h4-5,7H,1-3,6H2,(H,14,15,16). The van der Waals surface area contributed by atoms with Crippen LogP contribution in [0.4, 0.5) is 5.82 Å². The summed E-state index contributed by atoms with van der Waals surface area (Å²) in [5.74, 6) is 0.449. The molecule has 1 amide bonds. The van der Waals surface area contributed by atoms with Gasteiger partial charge in [-0.25, -0.2) is 4.98 Å². The molecule has 1 aromatic heterocycles. The van der Waals surface area contributed by atoms with Crippen LogP contribution in [0, 0.1) is 5.92 Å². The molecule has 0 aromatic carbocycles. The minimum atomic E-state index is -0.0684. The van der Waals surface area contributed by atoms with Crippen molar-refractivity contribution in [3.8, 4) is 0 Å². The van der Waals surface area contributed by atoms with Crippen LogP contribution in [0.15, 0.2) is 21.2 Å². The molecule has 0 radical (unpaired) electrons. The summed E-state index contributed by atoms with van der Waals surface area (Å²) >= 11 is 6.68. The summed E-state index contributed by atoms with van der Waals surface area (Å²) in [7, 11) is 0. The highest BCUT2D eigenvalue weighted by Gasteiger charge is 2.22. The Kier molecular flexibility index (Phi) is 4.53. The molecule has 17 heavy (non-hydrogen) atoms. The highest BCUT2D eigenvalue weighted by atomic mass is 79.9. The van der Waals surface area contributed by atoms with Crippen LogP contribution >= 0.6 is 31.9 Å². The molecule has 2 rings (SSSR count). The van der Waals surface area contributed by atoms with Crippen molar-refractivity contribution in [1.82, 2.24) is 4.98 Å². The third kappa shape index (κ3) is 3.50. The SMILES string of the molecule is O=C(Nc1ncc(Br)cc1Br)C1CCCOC1. The Labute approximate surface area is 116 Å². The summed E-state index contributed by atoms with van der Waals surface area (Å²) in [6, 6.07) is 1.85. The lowest BCUT2D eigenvalue weighted by atomic mass is 10.0. The van der Waals surface area contributed by atoms with Crippen LogP contribution in [0.2, 0.25) is 0 Å². The van der Waals surface area contributed by atoms with Crippen LogP contribution in [0.3, 0.4) is 0 Å². The summed E-state index contributed by atoms with van der Waals surface area (Å²) in [4.78, 5) is 16.1. The number of ether oxygens (including phenoxy) is 1. The quantitative estimate of drug-likeness (QED) is 0.878. The smallest absolute Gasteiger partial charge is 0.230 e. The molecule has 4 nitrogen and oxygen atoms in total. The lowest BCUT2D eigenvalue weighted by Crippen LogP contribution is -2.30. The molecular formula is C11H12Br2N2O2. The van der Waals surface area contributed by atoms with Gasteiger partial charge in [0, 0.05) is 17.3 Å². The van der Waals surface area contributed by atoms with E-state index in [2.05, 4.69) is 42.2 Å². The number of anilines is 1. The number of aromatic nitrogens is 1. The third-order valence-electron chi connectivity index (χ3n) is 2.58. The van der Waals surface area contributed by atoms with Crippen molar-refractivity contribution in [1.29, 1.82) is 0 Å². The number of hydrogen-bond acceptors (Lipinski definition) is 3. The van der Waals surface area contributed by atoms with Gasteiger partial charge in [-0.3, -0.25) is 4.79 Å². The maximum absolute atomic E-state index is 11.9. The molecule has 1 unspecified atom stereocenters. The van der Waals surface area contributed by atoms with Crippen molar-refractivity contribution < 1.29 is 9.53 Å². The van der Waals surface area contributed by atoms with Crippen molar-refractivity contribution in [3.63, 3.8) is 0 Å². The molecule has 1 aromatic rings. The van der Waals surface area contributed by atoms with Gasteiger partial charge < -0.3 is 10.1 Å². The number of rotatable bonds is 2. The van der Waals surface area contributed by atoms with Crippen molar-refractivity contribution in [3.05, 3.63) is 21.2 Å². The Morgan fingerprint density at radius 3 is 3.00 bits per heavy atom. The summed E-state index contributed by atoms with van der Waals surface area (Å²) in [6.45, 7) is 1.25. The van der Waals surface area contributed by atoms with Gasteiger partial charge in [0.05, 0.1) is 17.0 Å². The van der Waals surface area contributed by atoms with Gasteiger partial charge in [-0.15, -0.1) is 0 Å². The third-order valence-corrected chi connectivity index (χ3v) is 3.62. The lowest BCUT2D eigenvalue weighted by molar-refractivity contribution is -0.123. The molecule has 1 aliphatic heterocycles. The zero-order valence-corrected chi connectivity index (χ0v) is 12.3. The predicted molar refractivity (Wildman–Crippen MR) is 71.8 cm³/mol. The van der Waals surface area contributed by atoms with Gasteiger partial charge in [-0.05, 0) is 50.8 Å². The van der Waals surface area contributed by atoms with Gasteiger partial charge in [0.15, 0.2) is 0 Å². The minimum Gasteiger partial charge on any atom is -0.381 e. The number of amides is 1. The number of carbonyl (C=O) groups excluding carboxylic acids is 1. The molecule has 6 heteroatoms. The van der Waals surface area contributed by atoms with Crippen molar-refractivity contribution in [2.75, 3.05) is 18.5 Å². The molecule has 92 valence electrons. The van der Waals surface area contributed by atoms with Gasteiger partial charge in [-0.1, -0.05) is 0 Å². The fourth-order valence-corrected chi connectivity index (χ4v) is 2.76. The number of pyridine rings is 1.